The zero-order valence-corrected chi connectivity index (χ0v) is 11.9. The van der Waals surface area contributed by atoms with Crippen LogP contribution in [0, 0.1) is 5.41 Å². The van der Waals surface area contributed by atoms with Crippen LogP contribution in [0.4, 0.5) is 0 Å². The predicted molar refractivity (Wildman–Crippen MR) is 71.2 cm³/mol. The number of aliphatic hydroxyl groups is 1. The van der Waals surface area contributed by atoms with E-state index in [1.54, 1.807) is 0 Å². The summed E-state index contributed by atoms with van der Waals surface area (Å²) >= 11 is 0. The van der Waals surface area contributed by atoms with Crippen molar-refractivity contribution in [3.63, 3.8) is 0 Å². The first-order valence-corrected chi connectivity index (χ1v) is 6.84. The molecule has 1 aliphatic heterocycles. The Hall–Kier alpha value is -0.120. The van der Waals surface area contributed by atoms with Gasteiger partial charge in [-0.1, -0.05) is 13.8 Å². The van der Waals surface area contributed by atoms with Crippen LogP contribution in [0.1, 0.15) is 53.4 Å². The van der Waals surface area contributed by atoms with E-state index in [0.29, 0.717) is 12.7 Å². The third-order valence-corrected chi connectivity index (χ3v) is 3.54. The van der Waals surface area contributed by atoms with Crippen LogP contribution in [0.3, 0.4) is 0 Å². The van der Waals surface area contributed by atoms with E-state index in [0.717, 1.165) is 38.8 Å². The van der Waals surface area contributed by atoms with Crippen molar-refractivity contribution in [2.45, 2.75) is 65.1 Å². The molecule has 3 nitrogen and oxygen atoms in total. The van der Waals surface area contributed by atoms with Gasteiger partial charge >= 0.3 is 0 Å². The Balaban J connectivity index is 2.15. The van der Waals surface area contributed by atoms with Crippen LogP contribution >= 0.6 is 0 Å². The van der Waals surface area contributed by atoms with Gasteiger partial charge in [0, 0.05) is 19.7 Å². The van der Waals surface area contributed by atoms with Crippen molar-refractivity contribution < 1.29 is 9.84 Å². The molecule has 0 amide bonds. The van der Waals surface area contributed by atoms with E-state index in [-0.39, 0.29) is 11.0 Å². The maximum absolute atomic E-state index is 8.84. The Morgan fingerprint density at radius 2 is 2.12 bits per heavy atom. The molecule has 1 fully saturated rings. The maximum atomic E-state index is 8.84. The van der Waals surface area contributed by atoms with Gasteiger partial charge in [-0.3, -0.25) is 0 Å². The van der Waals surface area contributed by atoms with Gasteiger partial charge in [0.05, 0.1) is 11.7 Å². The lowest BCUT2D eigenvalue weighted by atomic mass is 9.88. The first-order valence-electron chi connectivity index (χ1n) is 6.84. The second-order valence-corrected chi connectivity index (χ2v) is 6.66. The van der Waals surface area contributed by atoms with Gasteiger partial charge in [-0.15, -0.1) is 0 Å². The fourth-order valence-corrected chi connectivity index (χ4v) is 2.44. The molecule has 0 spiro atoms. The fourth-order valence-electron chi connectivity index (χ4n) is 2.44. The molecule has 102 valence electrons. The van der Waals surface area contributed by atoms with Gasteiger partial charge in [0.15, 0.2) is 0 Å². The highest BCUT2D eigenvalue weighted by Gasteiger charge is 2.31. The van der Waals surface area contributed by atoms with Crippen LogP contribution in [-0.2, 0) is 4.74 Å². The van der Waals surface area contributed by atoms with Crippen molar-refractivity contribution >= 4 is 0 Å². The third kappa shape index (κ3) is 5.84. The Bertz CT molecular complexity index is 226. The average molecular weight is 243 g/mol. The lowest BCUT2D eigenvalue weighted by molar-refractivity contribution is -0.0149. The predicted octanol–water partition coefficient (Wildman–Crippen LogP) is 2.33. The minimum absolute atomic E-state index is 0.0682. The normalized spacial score (nSPS) is 24.2. The Morgan fingerprint density at radius 3 is 2.65 bits per heavy atom. The van der Waals surface area contributed by atoms with Crippen molar-refractivity contribution in [3.8, 4) is 0 Å². The van der Waals surface area contributed by atoms with Crippen molar-refractivity contribution in [1.29, 1.82) is 0 Å². The molecular weight excluding hydrogens is 214 g/mol. The number of hydrogen-bond acceptors (Lipinski definition) is 3. The molecule has 0 saturated carbocycles. The Morgan fingerprint density at radius 1 is 1.41 bits per heavy atom. The second-order valence-electron chi connectivity index (χ2n) is 6.66. The van der Waals surface area contributed by atoms with Crippen LogP contribution in [0.2, 0.25) is 0 Å². The van der Waals surface area contributed by atoms with Crippen molar-refractivity contribution in [2.24, 2.45) is 5.41 Å². The summed E-state index contributed by atoms with van der Waals surface area (Å²) in [6.45, 7) is 11.1. The molecule has 0 radical (unpaired) electrons. The largest absolute Gasteiger partial charge is 0.396 e. The van der Waals surface area contributed by atoms with E-state index in [4.69, 9.17) is 9.84 Å². The van der Waals surface area contributed by atoms with Gasteiger partial charge in [0.1, 0.15) is 0 Å². The number of ether oxygens (including phenoxy) is 1. The molecule has 0 aromatic heterocycles. The molecule has 1 heterocycles. The molecule has 0 aromatic carbocycles. The van der Waals surface area contributed by atoms with Gasteiger partial charge in [-0.2, -0.15) is 0 Å². The van der Waals surface area contributed by atoms with E-state index in [1.807, 2.05) is 0 Å². The Labute approximate surface area is 106 Å². The topological polar surface area (TPSA) is 41.5 Å². The lowest BCUT2D eigenvalue weighted by Crippen LogP contribution is -2.35. The van der Waals surface area contributed by atoms with E-state index in [9.17, 15) is 0 Å². The number of aliphatic hydroxyl groups excluding tert-OH is 1. The Kier molecular flexibility index (Phi) is 5.42. The second kappa shape index (κ2) is 6.17. The van der Waals surface area contributed by atoms with Crippen molar-refractivity contribution in [2.75, 3.05) is 19.7 Å². The minimum Gasteiger partial charge on any atom is -0.396 e. The summed E-state index contributed by atoms with van der Waals surface area (Å²) in [5.74, 6) is 0. The zero-order chi connectivity index (χ0) is 12.9. The third-order valence-electron chi connectivity index (χ3n) is 3.54. The lowest BCUT2D eigenvalue weighted by Gasteiger charge is -2.26. The summed E-state index contributed by atoms with van der Waals surface area (Å²) in [7, 11) is 0. The minimum atomic E-state index is 0.0682. The van der Waals surface area contributed by atoms with Crippen LogP contribution in [-0.4, -0.2) is 36.5 Å². The summed E-state index contributed by atoms with van der Waals surface area (Å²) in [4.78, 5) is 0. The van der Waals surface area contributed by atoms with Crippen molar-refractivity contribution in [3.05, 3.63) is 0 Å². The molecule has 3 heteroatoms. The highest BCUT2D eigenvalue weighted by atomic mass is 16.5. The summed E-state index contributed by atoms with van der Waals surface area (Å²) in [6.07, 6.45) is 4.65. The molecule has 0 aliphatic carbocycles. The molecule has 1 rings (SSSR count). The van der Waals surface area contributed by atoms with Gasteiger partial charge in [0.25, 0.3) is 0 Å². The van der Waals surface area contributed by atoms with Crippen LogP contribution < -0.4 is 5.32 Å². The van der Waals surface area contributed by atoms with Gasteiger partial charge in [-0.05, 0) is 44.9 Å². The average Bonchev–Trinajstić information content (AvgIpc) is 2.55. The number of hydrogen-bond donors (Lipinski definition) is 2. The van der Waals surface area contributed by atoms with Gasteiger partial charge < -0.3 is 15.2 Å². The number of rotatable bonds is 7. The first-order chi connectivity index (χ1) is 7.85. The van der Waals surface area contributed by atoms with Crippen molar-refractivity contribution in [1.82, 2.24) is 5.32 Å². The SMILES string of the molecule is CC(C)(CCCO)CNCC1CCC(C)(C)O1. The molecule has 17 heavy (non-hydrogen) atoms. The first kappa shape index (κ1) is 14.9. The highest BCUT2D eigenvalue weighted by Crippen LogP contribution is 2.29. The van der Waals surface area contributed by atoms with Crippen LogP contribution in [0.25, 0.3) is 0 Å². The van der Waals surface area contributed by atoms with Gasteiger partial charge in [0.2, 0.25) is 0 Å². The molecule has 1 aliphatic rings. The summed E-state index contributed by atoms with van der Waals surface area (Å²) < 4.78 is 5.94. The van der Waals surface area contributed by atoms with E-state index < -0.39 is 0 Å². The van der Waals surface area contributed by atoms with Crippen LogP contribution in [0.5, 0.6) is 0 Å². The molecule has 1 saturated heterocycles. The quantitative estimate of drug-likeness (QED) is 0.721. The van der Waals surface area contributed by atoms with E-state index in [2.05, 4.69) is 33.0 Å². The zero-order valence-electron chi connectivity index (χ0n) is 11.9. The van der Waals surface area contributed by atoms with E-state index in [1.165, 1.54) is 0 Å². The monoisotopic (exact) mass is 243 g/mol. The molecule has 1 unspecified atom stereocenters. The molecule has 0 aromatic rings. The van der Waals surface area contributed by atoms with Crippen LogP contribution in [0.15, 0.2) is 0 Å². The maximum Gasteiger partial charge on any atom is 0.0707 e. The molecular formula is C14H29NO2. The fraction of sp³-hybridized carbons (Fsp3) is 1.00. The van der Waals surface area contributed by atoms with Gasteiger partial charge in [-0.25, -0.2) is 0 Å². The molecule has 0 bridgehead atoms. The molecule has 1 atom stereocenters. The summed E-state index contributed by atoms with van der Waals surface area (Å²) in [6, 6.07) is 0. The standard InChI is InChI=1S/C14H29NO2/c1-13(2,7-5-9-16)11-15-10-12-6-8-14(3,4)17-12/h12,15-16H,5-11H2,1-4H3. The number of nitrogens with one attached hydrogen (secondary N) is 1. The summed E-state index contributed by atoms with van der Waals surface area (Å²) in [5, 5.41) is 12.4. The van der Waals surface area contributed by atoms with E-state index >= 15 is 0 Å². The smallest absolute Gasteiger partial charge is 0.0707 e. The highest BCUT2D eigenvalue weighted by molar-refractivity contribution is 4.82. The summed E-state index contributed by atoms with van der Waals surface area (Å²) in [5.41, 5.74) is 0.329. The molecule has 2 N–H and O–H groups in total.